The summed E-state index contributed by atoms with van der Waals surface area (Å²) in [6.45, 7) is 2.28. The summed E-state index contributed by atoms with van der Waals surface area (Å²) in [5.74, 6) is -0.877. The van der Waals surface area contributed by atoms with Gasteiger partial charge in [-0.1, -0.05) is 23.2 Å². The Morgan fingerprint density at radius 3 is 2.69 bits per heavy atom. The summed E-state index contributed by atoms with van der Waals surface area (Å²) in [6.07, 6.45) is 3.14. The highest BCUT2D eigenvalue weighted by Crippen LogP contribution is 2.43. The van der Waals surface area contributed by atoms with Gasteiger partial charge in [0, 0.05) is 37.2 Å². The molecule has 0 spiro atoms. The third-order valence-electron chi connectivity index (χ3n) is 6.03. The number of benzene rings is 2. The average Bonchev–Trinajstić information content (AvgIpc) is 3.40. The molecule has 35 heavy (non-hydrogen) atoms. The molecule has 0 atom stereocenters. The van der Waals surface area contributed by atoms with Crippen molar-refractivity contribution in [3.8, 4) is 22.8 Å². The summed E-state index contributed by atoms with van der Waals surface area (Å²) in [5.41, 5.74) is 3.75. The monoisotopic (exact) mass is 514 g/mol. The van der Waals surface area contributed by atoms with Crippen molar-refractivity contribution in [2.45, 2.75) is 32.2 Å². The van der Waals surface area contributed by atoms with Crippen LogP contribution in [0, 0.1) is 12.8 Å². The predicted molar refractivity (Wildman–Crippen MR) is 129 cm³/mol. The summed E-state index contributed by atoms with van der Waals surface area (Å²) in [5, 5.41) is 4.95. The number of hydrogen-bond donors (Lipinski definition) is 1. The average molecular weight is 515 g/mol. The van der Waals surface area contributed by atoms with Gasteiger partial charge in [-0.2, -0.15) is 5.10 Å². The molecule has 11 heteroatoms. The van der Waals surface area contributed by atoms with Gasteiger partial charge in [0.15, 0.2) is 5.15 Å². The Labute approximate surface area is 208 Å². The number of hydrogen-bond acceptors (Lipinski definition) is 5. The molecular weight excluding hydrogens is 497 g/mol. The van der Waals surface area contributed by atoms with Crippen LogP contribution < -0.4 is 4.74 Å². The lowest BCUT2D eigenvalue weighted by Gasteiger charge is -2.34. The lowest BCUT2D eigenvalue weighted by atomic mass is 9.81. The molecule has 1 saturated carbocycles. The van der Waals surface area contributed by atoms with Crippen molar-refractivity contribution in [1.82, 2.24) is 29.7 Å². The zero-order valence-corrected chi connectivity index (χ0v) is 19.9. The molecule has 0 saturated heterocycles. The van der Waals surface area contributed by atoms with Gasteiger partial charge in [-0.15, -0.1) is 0 Å². The van der Waals surface area contributed by atoms with Gasteiger partial charge in [0.05, 0.1) is 28.3 Å². The topological polar surface area (TPSA) is 81.5 Å². The van der Waals surface area contributed by atoms with E-state index in [4.69, 9.17) is 27.9 Å². The summed E-state index contributed by atoms with van der Waals surface area (Å²) < 4.78 is 34.0. The summed E-state index contributed by atoms with van der Waals surface area (Å²) in [4.78, 5) is 16.6. The molecule has 1 aliphatic carbocycles. The number of alkyl halides is 2. The summed E-state index contributed by atoms with van der Waals surface area (Å²) in [6, 6.07) is 8.88. The fraction of sp³-hybridized carbons (Fsp3) is 0.250. The first-order chi connectivity index (χ1) is 16.7. The second-order valence-corrected chi connectivity index (χ2v) is 9.53. The van der Waals surface area contributed by atoms with Gasteiger partial charge >= 0.3 is 0 Å². The van der Waals surface area contributed by atoms with Crippen LogP contribution in [0.1, 0.15) is 18.7 Å². The number of aryl methyl sites for hydroxylation is 1. The molecule has 0 bridgehead atoms. The van der Waals surface area contributed by atoms with Crippen LogP contribution >= 0.6 is 23.2 Å². The molecule has 0 radical (unpaired) electrons. The third kappa shape index (κ3) is 4.19. The third-order valence-corrected chi connectivity index (χ3v) is 6.66. The highest BCUT2D eigenvalue weighted by Gasteiger charge is 2.45. The zero-order chi connectivity index (χ0) is 24.3. The minimum Gasteiger partial charge on any atom is -0.456 e. The number of aromatic nitrogens is 6. The van der Waals surface area contributed by atoms with Crippen LogP contribution in [0.3, 0.4) is 0 Å². The van der Waals surface area contributed by atoms with Crippen molar-refractivity contribution in [3.05, 3.63) is 58.7 Å². The quantitative estimate of drug-likeness (QED) is 0.278. The van der Waals surface area contributed by atoms with E-state index in [1.165, 1.54) is 0 Å². The lowest BCUT2D eigenvalue weighted by molar-refractivity contribution is -0.114. The fourth-order valence-electron chi connectivity index (χ4n) is 4.38. The number of halogens is 4. The van der Waals surface area contributed by atoms with Gasteiger partial charge in [0.25, 0.3) is 0 Å². The number of rotatable bonds is 5. The van der Waals surface area contributed by atoms with Crippen molar-refractivity contribution in [1.29, 1.82) is 0 Å². The maximum atomic E-state index is 13.1. The van der Waals surface area contributed by atoms with Gasteiger partial charge in [-0.3, -0.25) is 4.68 Å². The second kappa shape index (κ2) is 8.13. The first kappa shape index (κ1) is 22.2. The number of ether oxygens (including phenoxy) is 1. The second-order valence-electron chi connectivity index (χ2n) is 8.79. The molecule has 178 valence electrons. The van der Waals surface area contributed by atoms with Gasteiger partial charge < -0.3 is 9.72 Å². The van der Waals surface area contributed by atoms with Crippen molar-refractivity contribution < 1.29 is 13.5 Å². The van der Waals surface area contributed by atoms with Crippen molar-refractivity contribution in [2.75, 3.05) is 0 Å². The van der Waals surface area contributed by atoms with E-state index < -0.39 is 5.92 Å². The number of nitrogens with zero attached hydrogens (tertiary/aromatic N) is 5. The molecule has 0 aliphatic heterocycles. The molecule has 2 aromatic carbocycles. The van der Waals surface area contributed by atoms with Crippen LogP contribution in [-0.2, 0) is 6.54 Å². The van der Waals surface area contributed by atoms with Crippen LogP contribution in [0.25, 0.3) is 33.3 Å². The van der Waals surface area contributed by atoms with Gasteiger partial charge in [-0.25, -0.2) is 23.7 Å². The molecule has 5 aromatic rings. The van der Waals surface area contributed by atoms with Gasteiger partial charge in [0.2, 0.25) is 5.92 Å². The highest BCUT2D eigenvalue weighted by atomic mass is 35.5. The van der Waals surface area contributed by atoms with E-state index >= 15 is 0 Å². The van der Waals surface area contributed by atoms with Crippen LogP contribution in [0.4, 0.5) is 8.78 Å². The van der Waals surface area contributed by atoms with E-state index in [2.05, 4.69) is 25.0 Å². The van der Waals surface area contributed by atoms with E-state index in [9.17, 15) is 8.78 Å². The first-order valence-corrected chi connectivity index (χ1v) is 11.7. The van der Waals surface area contributed by atoms with E-state index in [-0.39, 0.29) is 23.9 Å². The summed E-state index contributed by atoms with van der Waals surface area (Å²) in [7, 11) is 0. The smallest absolute Gasteiger partial charge is 0.248 e. The maximum absolute atomic E-state index is 13.1. The number of fused-ring (bicyclic) bond motifs is 2. The highest BCUT2D eigenvalue weighted by molar-refractivity contribution is 6.36. The zero-order valence-electron chi connectivity index (χ0n) is 18.4. The maximum Gasteiger partial charge on any atom is 0.248 e. The Morgan fingerprint density at radius 2 is 1.89 bits per heavy atom. The SMILES string of the molecule is Cc1nc2ccc(Oc3ccc4nc(Cl)c(-c5cnn(CC6CC(F)(F)C6)c5)nc4c3)c(Cl)c2[nH]1. The Morgan fingerprint density at radius 1 is 1.09 bits per heavy atom. The molecule has 1 fully saturated rings. The fourth-order valence-corrected chi connectivity index (χ4v) is 4.87. The molecule has 1 N–H and O–H groups in total. The summed E-state index contributed by atoms with van der Waals surface area (Å²) >= 11 is 12.9. The van der Waals surface area contributed by atoms with Crippen LogP contribution in [0.5, 0.6) is 11.5 Å². The van der Waals surface area contributed by atoms with E-state index in [0.717, 1.165) is 11.3 Å². The van der Waals surface area contributed by atoms with Crippen LogP contribution in [0.15, 0.2) is 42.7 Å². The minimum absolute atomic E-state index is 0.0904. The largest absolute Gasteiger partial charge is 0.456 e. The van der Waals surface area contributed by atoms with E-state index in [1.54, 1.807) is 41.3 Å². The first-order valence-electron chi connectivity index (χ1n) is 10.9. The van der Waals surface area contributed by atoms with E-state index in [1.807, 2.05) is 13.0 Å². The Hall–Kier alpha value is -3.30. The molecule has 0 amide bonds. The molecule has 6 rings (SSSR count). The van der Waals surface area contributed by atoms with Crippen LogP contribution in [-0.4, -0.2) is 35.6 Å². The number of nitrogens with one attached hydrogen (secondary N) is 1. The molecule has 3 heterocycles. The van der Waals surface area contributed by atoms with E-state index in [0.29, 0.717) is 50.9 Å². The molecule has 1 aliphatic rings. The standard InChI is InChI=1S/C24H18Cl2F2N6O/c1-12-30-17-4-5-19(20(25)22(17)31-12)35-15-2-3-16-18(6-15)32-21(23(26)33-16)14-9-29-34(11-14)10-13-7-24(27,28)8-13/h2-6,9,11,13H,7-8,10H2,1H3,(H,30,31). The normalized spacial score (nSPS) is 15.6. The lowest BCUT2D eigenvalue weighted by Crippen LogP contribution is -2.37. The molecular formula is C24H18Cl2F2N6O. The Kier molecular flexibility index (Phi) is 5.16. The minimum atomic E-state index is -2.55. The number of imidazole rings is 1. The molecule has 7 nitrogen and oxygen atoms in total. The van der Waals surface area contributed by atoms with Crippen LogP contribution in [0.2, 0.25) is 10.2 Å². The number of H-pyrrole nitrogens is 1. The Balaban J connectivity index is 1.28. The predicted octanol–water partition coefficient (Wildman–Crippen LogP) is 6.82. The molecule has 0 unspecified atom stereocenters. The van der Waals surface area contributed by atoms with Crippen molar-refractivity contribution in [2.24, 2.45) is 5.92 Å². The van der Waals surface area contributed by atoms with Crippen molar-refractivity contribution in [3.63, 3.8) is 0 Å². The Bertz CT molecular complexity index is 1590. The molecule has 3 aromatic heterocycles. The van der Waals surface area contributed by atoms with Gasteiger partial charge in [0.1, 0.15) is 28.0 Å². The van der Waals surface area contributed by atoms with Gasteiger partial charge in [-0.05, 0) is 37.1 Å². The number of aromatic amines is 1. The van der Waals surface area contributed by atoms with Crippen molar-refractivity contribution >= 4 is 45.3 Å².